The summed E-state index contributed by atoms with van der Waals surface area (Å²) < 4.78 is 0. The van der Waals surface area contributed by atoms with Crippen LogP contribution in [-0.4, -0.2) is 53.5 Å². The molecule has 0 aliphatic carbocycles. The molecule has 2 fully saturated rings. The maximum absolute atomic E-state index is 4.30. The Kier molecular flexibility index (Phi) is 4.22. The average molecular weight is 274 g/mol. The van der Waals surface area contributed by atoms with Crippen molar-refractivity contribution in [3.05, 3.63) is 23.9 Å². The minimum absolute atomic E-state index is 0.649. The van der Waals surface area contributed by atoms with Crippen LogP contribution in [0.15, 0.2) is 18.3 Å². The number of fused-ring (bicyclic) bond motifs is 1. The molecule has 0 saturated carbocycles. The quantitative estimate of drug-likeness (QED) is 0.915. The van der Waals surface area contributed by atoms with Gasteiger partial charge in [0.1, 0.15) is 5.82 Å². The van der Waals surface area contributed by atoms with Crippen LogP contribution in [0.5, 0.6) is 0 Å². The third-order valence-corrected chi connectivity index (χ3v) is 4.78. The molecule has 4 heteroatoms. The number of anilines is 1. The second kappa shape index (κ2) is 6.10. The van der Waals surface area contributed by atoms with Gasteiger partial charge in [-0.2, -0.15) is 0 Å². The fraction of sp³-hybridized carbons (Fsp3) is 0.688. The van der Waals surface area contributed by atoms with Gasteiger partial charge in [0.15, 0.2) is 0 Å². The first-order valence-corrected chi connectivity index (χ1v) is 7.87. The van der Waals surface area contributed by atoms with Gasteiger partial charge in [-0.05, 0) is 44.0 Å². The number of rotatable bonds is 3. The Labute approximate surface area is 122 Å². The third-order valence-electron chi connectivity index (χ3n) is 4.78. The molecule has 2 unspecified atom stereocenters. The lowest BCUT2D eigenvalue weighted by atomic mass is 9.97. The summed E-state index contributed by atoms with van der Waals surface area (Å²) in [4.78, 5) is 9.64. The Morgan fingerprint density at radius 1 is 1.35 bits per heavy atom. The average Bonchev–Trinajstić information content (AvgIpc) is 2.48. The van der Waals surface area contributed by atoms with Crippen molar-refractivity contribution in [3.8, 4) is 0 Å². The molecule has 2 atom stereocenters. The van der Waals surface area contributed by atoms with Crippen LogP contribution in [0.3, 0.4) is 0 Å². The Bertz CT molecular complexity index is 448. The standard InChI is InChI=1S/C16H26N4/c1-13-10-19-8-4-3-5-15(19)12-20(13)11-14-6-7-18-16(9-14)17-2/h6-7,9,13,15H,3-5,8,10-12H2,1-2H3,(H,17,18). The molecular weight excluding hydrogens is 248 g/mol. The first-order valence-electron chi connectivity index (χ1n) is 7.87. The van der Waals surface area contributed by atoms with E-state index in [-0.39, 0.29) is 0 Å². The first kappa shape index (κ1) is 13.8. The fourth-order valence-corrected chi connectivity index (χ4v) is 3.58. The second-order valence-corrected chi connectivity index (χ2v) is 6.22. The van der Waals surface area contributed by atoms with Crippen molar-refractivity contribution in [3.63, 3.8) is 0 Å². The van der Waals surface area contributed by atoms with E-state index >= 15 is 0 Å². The van der Waals surface area contributed by atoms with E-state index in [1.54, 1.807) is 0 Å². The minimum Gasteiger partial charge on any atom is -0.373 e. The molecule has 2 aliphatic rings. The van der Waals surface area contributed by atoms with Gasteiger partial charge in [-0.25, -0.2) is 4.98 Å². The highest BCUT2D eigenvalue weighted by molar-refractivity contribution is 5.36. The van der Waals surface area contributed by atoms with Crippen LogP contribution in [0, 0.1) is 0 Å². The SMILES string of the molecule is CNc1cc(CN2CC3CCCCN3CC2C)ccn1. The summed E-state index contributed by atoms with van der Waals surface area (Å²) >= 11 is 0. The van der Waals surface area contributed by atoms with Crippen molar-refractivity contribution in [2.75, 3.05) is 32.0 Å². The predicted molar refractivity (Wildman–Crippen MR) is 82.9 cm³/mol. The minimum atomic E-state index is 0.649. The number of aromatic nitrogens is 1. The van der Waals surface area contributed by atoms with Crippen LogP contribution < -0.4 is 5.32 Å². The molecule has 0 radical (unpaired) electrons. The number of piperazine rings is 1. The molecule has 3 heterocycles. The zero-order valence-corrected chi connectivity index (χ0v) is 12.7. The number of nitrogens with one attached hydrogen (secondary N) is 1. The summed E-state index contributed by atoms with van der Waals surface area (Å²) in [5, 5.41) is 3.12. The van der Waals surface area contributed by atoms with Gasteiger partial charge < -0.3 is 5.32 Å². The van der Waals surface area contributed by atoms with E-state index in [4.69, 9.17) is 0 Å². The van der Waals surface area contributed by atoms with E-state index in [0.717, 1.165) is 18.4 Å². The van der Waals surface area contributed by atoms with Gasteiger partial charge in [0, 0.05) is 45.0 Å². The van der Waals surface area contributed by atoms with Crippen molar-refractivity contribution in [1.29, 1.82) is 0 Å². The van der Waals surface area contributed by atoms with Gasteiger partial charge in [-0.1, -0.05) is 6.42 Å². The molecule has 1 aromatic rings. The van der Waals surface area contributed by atoms with Crippen LogP contribution >= 0.6 is 0 Å². The van der Waals surface area contributed by atoms with Crippen molar-refractivity contribution >= 4 is 5.82 Å². The number of piperidine rings is 1. The second-order valence-electron chi connectivity index (χ2n) is 6.22. The van der Waals surface area contributed by atoms with Gasteiger partial charge >= 0.3 is 0 Å². The molecule has 1 N–H and O–H groups in total. The number of hydrogen-bond acceptors (Lipinski definition) is 4. The fourth-order valence-electron chi connectivity index (χ4n) is 3.58. The summed E-state index contributed by atoms with van der Waals surface area (Å²) in [5.74, 6) is 0.964. The zero-order valence-electron chi connectivity index (χ0n) is 12.7. The smallest absolute Gasteiger partial charge is 0.125 e. The van der Waals surface area contributed by atoms with Gasteiger partial charge in [0.2, 0.25) is 0 Å². The zero-order chi connectivity index (χ0) is 13.9. The van der Waals surface area contributed by atoms with Gasteiger partial charge in [-0.15, -0.1) is 0 Å². The molecule has 110 valence electrons. The van der Waals surface area contributed by atoms with Crippen molar-refractivity contribution in [2.45, 2.75) is 44.8 Å². The molecule has 0 spiro atoms. The first-order chi connectivity index (χ1) is 9.76. The van der Waals surface area contributed by atoms with Crippen molar-refractivity contribution < 1.29 is 0 Å². The highest BCUT2D eigenvalue weighted by Crippen LogP contribution is 2.25. The molecule has 4 nitrogen and oxygen atoms in total. The van der Waals surface area contributed by atoms with E-state index in [0.29, 0.717) is 6.04 Å². The van der Waals surface area contributed by atoms with E-state index in [2.05, 4.69) is 39.2 Å². The Morgan fingerprint density at radius 3 is 3.10 bits per heavy atom. The number of pyridine rings is 1. The third kappa shape index (κ3) is 2.96. The van der Waals surface area contributed by atoms with Crippen molar-refractivity contribution in [2.24, 2.45) is 0 Å². The van der Waals surface area contributed by atoms with Gasteiger partial charge in [0.05, 0.1) is 0 Å². The van der Waals surface area contributed by atoms with Crippen LogP contribution in [0.1, 0.15) is 31.7 Å². The maximum atomic E-state index is 4.30. The molecular formula is C16H26N4. The highest BCUT2D eigenvalue weighted by Gasteiger charge is 2.32. The van der Waals surface area contributed by atoms with Crippen LogP contribution in [0.25, 0.3) is 0 Å². The summed E-state index contributed by atoms with van der Waals surface area (Å²) in [5.41, 5.74) is 1.36. The molecule has 0 aromatic carbocycles. The molecule has 2 aliphatic heterocycles. The predicted octanol–water partition coefficient (Wildman–Crippen LogP) is 2.18. The van der Waals surface area contributed by atoms with E-state index in [1.165, 1.54) is 44.5 Å². The molecule has 0 amide bonds. The topological polar surface area (TPSA) is 31.4 Å². The number of hydrogen-bond donors (Lipinski definition) is 1. The summed E-state index contributed by atoms with van der Waals surface area (Å²) in [6.45, 7) is 7.17. The molecule has 1 aromatic heterocycles. The van der Waals surface area contributed by atoms with E-state index in [9.17, 15) is 0 Å². The summed E-state index contributed by atoms with van der Waals surface area (Å²) in [7, 11) is 1.93. The monoisotopic (exact) mass is 274 g/mol. The molecule has 20 heavy (non-hydrogen) atoms. The largest absolute Gasteiger partial charge is 0.373 e. The summed E-state index contributed by atoms with van der Waals surface area (Å²) in [6, 6.07) is 5.74. The Balaban J connectivity index is 1.67. The normalized spacial score (nSPS) is 28.1. The van der Waals surface area contributed by atoms with Gasteiger partial charge in [0.25, 0.3) is 0 Å². The lowest BCUT2D eigenvalue weighted by molar-refractivity contribution is 0.0111. The lowest BCUT2D eigenvalue weighted by Crippen LogP contribution is -2.58. The van der Waals surface area contributed by atoms with Crippen LogP contribution in [0.4, 0.5) is 5.82 Å². The molecule has 3 rings (SSSR count). The van der Waals surface area contributed by atoms with E-state index < -0.39 is 0 Å². The summed E-state index contributed by atoms with van der Waals surface area (Å²) in [6.07, 6.45) is 6.08. The Hall–Kier alpha value is -1.13. The Morgan fingerprint density at radius 2 is 2.25 bits per heavy atom. The van der Waals surface area contributed by atoms with E-state index in [1.807, 2.05) is 13.2 Å². The molecule has 0 bridgehead atoms. The lowest BCUT2D eigenvalue weighted by Gasteiger charge is -2.47. The van der Waals surface area contributed by atoms with Gasteiger partial charge in [-0.3, -0.25) is 9.80 Å². The van der Waals surface area contributed by atoms with Crippen LogP contribution in [0.2, 0.25) is 0 Å². The van der Waals surface area contributed by atoms with Crippen LogP contribution in [-0.2, 0) is 6.54 Å². The molecule has 2 saturated heterocycles. The highest BCUT2D eigenvalue weighted by atomic mass is 15.3. The number of nitrogens with zero attached hydrogens (tertiary/aromatic N) is 3. The maximum Gasteiger partial charge on any atom is 0.125 e. The van der Waals surface area contributed by atoms with Crippen molar-refractivity contribution in [1.82, 2.24) is 14.8 Å².